The van der Waals surface area contributed by atoms with Crippen LogP contribution in [-0.4, -0.2) is 44.3 Å². The molecular weight excluding hydrogens is 396 g/mol. The van der Waals surface area contributed by atoms with Gasteiger partial charge in [-0.05, 0) is 23.8 Å². The predicted octanol–water partition coefficient (Wildman–Crippen LogP) is 1.33. The van der Waals surface area contributed by atoms with Crippen molar-refractivity contribution in [1.82, 2.24) is 10.9 Å². The van der Waals surface area contributed by atoms with Crippen LogP contribution in [0.2, 0.25) is 0 Å². The third kappa shape index (κ3) is 7.16. The third-order valence-corrected chi connectivity index (χ3v) is 6.95. The molecule has 9 heteroatoms. The summed E-state index contributed by atoms with van der Waals surface area (Å²) < 4.78 is 28.0. The van der Waals surface area contributed by atoms with E-state index in [2.05, 4.69) is 10.9 Å². The van der Waals surface area contributed by atoms with Gasteiger partial charge in [0.2, 0.25) is 5.91 Å². The smallest absolute Gasteiger partial charge is 0.314 e. The molecule has 0 radical (unpaired) electrons. The van der Waals surface area contributed by atoms with Crippen LogP contribution in [0, 0.1) is 11.8 Å². The van der Waals surface area contributed by atoms with Gasteiger partial charge in [-0.15, -0.1) is 0 Å². The number of hydrogen-bond donors (Lipinski definition) is 2. The molecule has 29 heavy (non-hydrogen) atoms. The molecule has 1 aromatic rings. The second kappa shape index (κ2) is 10.4. The molecule has 3 atom stereocenters. The first-order chi connectivity index (χ1) is 13.7. The summed E-state index contributed by atoms with van der Waals surface area (Å²) in [4.78, 5) is 36.3. The molecule has 1 saturated heterocycles. The topological polar surface area (TPSA) is 119 Å². The van der Waals surface area contributed by atoms with E-state index >= 15 is 0 Å². The van der Waals surface area contributed by atoms with Gasteiger partial charge in [0.1, 0.15) is 0 Å². The maximum Gasteiger partial charge on any atom is 0.314 e. The van der Waals surface area contributed by atoms with E-state index in [0.29, 0.717) is 6.42 Å². The van der Waals surface area contributed by atoms with Gasteiger partial charge in [0.25, 0.3) is 5.91 Å². The quantitative estimate of drug-likeness (QED) is 0.480. The number of benzene rings is 1. The fourth-order valence-electron chi connectivity index (χ4n) is 3.34. The molecule has 1 aliphatic rings. The SMILES string of the molecule is CC[C@H](C)[C@H](C(=O)OCC(=O)NNC(=O)C[C@@H]1CCS(=O)(=O)C1)c1ccccc1. The molecule has 0 saturated carbocycles. The number of amides is 2. The number of esters is 1. The van der Waals surface area contributed by atoms with Crippen molar-refractivity contribution in [2.24, 2.45) is 11.8 Å². The summed E-state index contributed by atoms with van der Waals surface area (Å²) in [6.07, 6.45) is 1.23. The number of rotatable bonds is 8. The second-order valence-corrected chi connectivity index (χ2v) is 9.68. The summed E-state index contributed by atoms with van der Waals surface area (Å²) in [5, 5.41) is 0. The predicted molar refractivity (Wildman–Crippen MR) is 107 cm³/mol. The number of nitrogens with one attached hydrogen (secondary N) is 2. The third-order valence-electron chi connectivity index (χ3n) is 5.11. The summed E-state index contributed by atoms with van der Waals surface area (Å²) in [5.41, 5.74) is 5.25. The molecule has 1 aliphatic heterocycles. The van der Waals surface area contributed by atoms with Crippen LogP contribution in [0.1, 0.15) is 44.6 Å². The lowest BCUT2D eigenvalue weighted by Crippen LogP contribution is -2.44. The average Bonchev–Trinajstić information content (AvgIpc) is 3.03. The Hall–Kier alpha value is -2.42. The van der Waals surface area contributed by atoms with E-state index < -0.39 is 40.1 Å². The zero-order valence-corrected chi connectivity index (χ0v) is 17.5. The van der Waals surface area contributed by atoms with Crippen LogP contribution in [0.25, 0.3) is 0 Å². The highest BCUT2D eigenvalue weighted by Gasteiger charge is 2.30. The Morgan fingerprint density at radius 3 is 2.38 bits per heavy atom. The van der Waals surface area contributed by atoms with E-state index in [1.807, 2.05) is 44.2 Å². The maximum absolute atomic E-state index is 12.5. The van der Waals surface area contributed by atoms with Gasteiger partial charge in [0.05, 0.1) is 17.4 Å². The molecule has 0 aliphatic carbocycles. The minimum atomic E-state index is -3.06. The molecule has 0 bridgehead atoms. The van der Waals surface area contributed by atoms with Crippen molar-refractivity contribution < 1.29 is 27.5 Å². The number of ether oxygens (including phenoxy) is 1. The van der Waals surface area contributed by atoms with Crippen LogP contribution < -0.4 is 10.9 Å². The zero-order valence-electron chi connectivity index (χ0n) is 16.7. The molecule has 1 fully saturated rings. The summed E-state index contributed by atoms with van der Waals surface area (Å²) >= 11 is 0. The highest BCUT2D eigenvalue weighted by atomic mass is 32.2. The Bertz CT molecular complexity index is 825. The molecule has 0 unspecified atom stereocenters. The molecule has 2 rings (SSSR count). The lowest BCUT2D eigenvalue weighted by atomic mass is 9.86. The van der Waals surface area contributed by atoms with Crippen LogP contribution in [0.5, 0.6) is 0 Å². The van der Waals surface area contributed by atoms with Crippen molar-refractivity contribution in [3.63, 3.8) is 0 Å². The van der Waals surface area contributed by atoms with Crippen LogP contribution in [0.3, 0.4) is 0 Å². The fourth-order valence-corrected chi connectivity index (χ4v) is 5.20. The standard InChI is InChI=1S/C20H28N2O6S/c1-3-14(2)19(16-7-5-4-6-8-16)20(25)28-12-18(24)22-21-17(23)11-15-9-10-29(26,27)13-15/h4-8,14-15,19H,3,9-13H2,1-2H3,(H,21,23)(H,22,24)/t14-,15-,19-/m0/s1. The normalized spacial score (nSPS) is 19.7. The van der Waals surface area contributed by atoms with E-state index in [4.69, 9.17) is 4.74 Å². The number of carbonyl (C=O) groups is 3. The monoisotopic (exact) mass is 424 g/mol. The van der Waals surface area contributed by atoms with Crippen molar-refractivity contribution in [2.75, 3.05) is 18.1 Å². The van der Waals surface area contributed by atoms with Gasteiger partial charge in [-0.2, -0.15) is 0 Å². The maximum atomic E-state index is 12.5. The Balaban J connectivity index is 1.78. The lowest BCUT2D eigenvalue weighted by Gasteiger charge is -2.21. The first kappa shape index (κ1) is 22.9. The fraction of sp³-hybridized carbons (Fsp3) is 0.550. The van der Waals surface area contributed by atoms with E-state index in [0.717, 1.165) is 12.0 Å². The van der Waals surface area contributed by atoms with Crippen molar-refractivity contribution in [1.29, 1.82) is 0 Å². The molecule has 0 spiro atoms. The minimum absolute atomic E-state index is 0.0114. The van der Waals surface area contributed by atoms with E-state index in [9.17, 15) is 22.8 Å². The van der Waals surface area contributed by atoms with Crippen LogP contribution in [0.15, 0.2) is 30.3 Å². The lowest BCUT2D eigenvalue weighted by molar-refractivity contribution is -0.151. The number of hydrazine groups is 1. The highest BCUT2D eigenvalue weighted by molar-refractivity contribution is 7.91. The first-order valence-corrected chi connectivity index (χ1v) is 11.5. The van der Waals surface area contributed by atoms with Crippen molar-refractivity contribution in [3.8, 4) is 0 Å². The minimum Gasteiger partial charge on any atom is -0.455 e. The Kier molecular flexibility index (Phi) is 8.19. The number of carbonyl (C=O) groups excluding carboxylic acids is 3. The number of hydrogen-bond acceptors (Lipinski definition) is 6. The second-order valence-electron chi connectivity index (χ2n) is 7.45. The van der Waals surface area contributed by atoms with Gasteiger partial charge < -0.3 is 4.74 Å². The first-order valence-electron chi connectivity index (χ1n) is 9.71. The largest absolute Gasteiger partial charge is 0.455 e. The summed E-state index contributed by atoms with van der Waals surface area (Å²) in [5.74, 6) is -2.24. The molecule has 0 aromatic heterocycles. The van der Waals surface area contributed by atoms with Gasteiger partial charge in [0, 0.05) is 6.42 Å². The molecule has 1 aromatic carbocycles. The average molecular weight is 425 g/mol. The van der Waals surface area contributed by atoms with Crippen molar-refractivity contribution in [3.05, 3.63) is 35.9 Å². The van der Waals surface area contributed by atoms with Gasteiger partial charge in [-0.25, -0.2) is 8.42 Å². The van der Waals surface area contributed by atoms with Gasteiger partial charge in [-0.1, -0.05) is 50.6 Å². The summed E-state index contributed by atoms with van der Waals surface area (Å²) in [7, 11) is -3.06. The summed E-state index contributed by atoms with van der Waals surface area (Å²) in [6, 6.07) is 9.24. The Labute approximate surface area is 171 Å². The van der Waals surface area contributed by atoms with Crippen LogP contribution >= 0.6 is 0 Å². The van der Waals surface area contributed by atoms with Gasteiger partial charge in [0.15, 0.2) is 16.4 Å². The van der Waals surface area contributed by atoms with Crippen molar-refractivity contribution in [2.45, 2.75) is 39.0 Å². The van der Waals surface area contributed by atoms with E-state index in [1.165, 1.54) is 0 Å². The van der Waals surface area contributed by atoms with Crippen LogP contribution in [-0.2, 0) is 29.0 Å². The zero-order chi connectivity index (χ0) is 21.4. The molecule has 160 valence electrons. The molecule has 1 heterocycles. The molecule has 2 amide bonds. The molecule has 2 N–H and O–H groups in total. The van der Waals surface area contributed by atoms with Gasteiger partial charge >= 0.3 is 5.97 Å². The molecular formula is C20H28N2O6S. The Morgan fingerprint density at radius 1 is 1.14 bits per heavy atom. The Morgan fingerprint density at radius 2 is 1.79 bits per heavy atom. The van der Waals surface area contributed by atoms with E-state index in [-0.39, 0.29) is 29.8 Å². The van der Waals surface area contributed by atoms with E-state index in [1.54, 1.807) is 0 Å². The van der Waals surface area contributed by atoms with Crippen molar-refractivity contribution >= 4 is 27.6 Å². The van der Waals surface area contributed by atoms with Gasteiger partial charge in [-0.3, -0.25) is 25.2 Å². The molecule has 8 nitrogen and oxygen atoms in total. The highest BCUT2D eigenvalue weighted by Crippen LogP contribution is 2.28. The number of sulfone groups is 1. The van der Waals surface area contributed by atoms with Crippen LogP contribution in [0.4, 0.5) is 0 Å². The summed E-state index contributed by atoms with van der Waals surface area (Å²) in [6.45, 7) is 3.41.